The molecule has 3 heterocycles. The van der Waals surface area contributed by atoms with Crippen molar-refractivity contribution in [1.29, 1.82) is 0 Å². The number of nitrogens with zero attached hydrogens (tertiary/aromatic N) is 4. The van der Waals surface area contributed by atoms with Crippen molar-refractivity contribution >= 4 is 17.2 Å². The lowest BCUT2D eigenvalue weighted by molar-refractivity contribution is -0.133. The molecule has 7 nitrogen and oxygen atoms in total. The largest absolute Gasteiger partial charge is 0.451 e. The number of anilines is 1. The molecule has 18 heavy (non-hydrogen) atoms. The van der Waals surface area contributed by atoms with Crippen molar-refractivity contribution in [2.24, 2.45) is 0 Å². The molecule has 0 unspecified atom stereocenters. The van der Waals surface area contributed by atoms with Crippen LogP contribution < -0.4 is 5.73 Å². The van der Waals surface area contributed by atoms with E-state index in [9.17, 15) is 0 Å². The van der Waals surface area contributed by atoms with Crippen molar-refractivity contribution in [2.45, 2.75) is 19.3 Å². The molecule has 2 aromatic heterocycles. The van der Waals surface area contributed by atoms with Crippen molar-refractivity contribution in [3.05, 3.63) is 34.8 Å². The van der Waals surface area contributed by atoms with Crippen molar-refractivity contribution in [1.82, 2.24) is 20.0 Å². The average molecular weight is 265 g/mol. The van der Waals surface area contributed by atoms with E-state index in [0.717, 1.165) is 10.7 Å². The molecule has 94 valence electrons. The summed E-state index contributed by atoms with van der Waals surface area (Å²) in [7, 11) is 0. The Labute approximate surface area is 107 Å². The SMILES string of the molecule is CC1(c2nc(Cn3ncc(N)n3)cs2)OC=CO1. The van der Waals surface area contributed by atoms with E-state index in [0.29, 0.717) is 12.4 Å². The molecule has 0 radical (unpaired) electrons. The van der Waals surface area contributed by atoms with Crippen LogP contribution in [0.2, 0.25) is 0 Å². The summed E-state index contributed by atoms with van der Waals surface area (Å²) in [6.45, 7) is 2.29. The first-order chi connectivity index (χ1) is 8.66. The molecule has 0 aliphatic carbocycles. The van der Waals surface area contributed by atoms with Gasteiger partial charge in [-0.3, -0.25) is 0 Å². The Hall–Kier alpha value is -2.09. The van der Waals surface area contributed by atoms with E-state index in [2.05, 4.69) is 15.2 Å². The fraction of sp³-hybridized carbons (Fsp3) is 0.300. The minimum Gasteiger partial charge on any atom is -0.451 e. The molecule has 0 amide bonds. The number of nitrogens with two attached hydrogens (primary N) is 1. The fourth-order valence-electron chi connectivity index (χ4n) is 1.56. The minimum atomic E-state index is -0.820. The van der Waals surface area contributed by atoms with Crippen molar-refractivity contribution in [2.75, 3.05) is 5.73 Å². The van der Waals surface area contributed by atoms with Crippen LogP contribution in [0, 0.1) is 0 Å². The molecule has 1 aliphatic heterocycles. The van der Waals surface area contributed by atoms with Gasteiger partial charge in [-0.15, -0.1) is 16.4 Å². The monoisotopic (exact) mass is 265 g/mol. The predicted molar refractivity (Wildman–Crippen MR) is 64.3 cm³/mol. The Morgan fingerprint density at radius 2 is 2.22 bits per heavy atom. The van der Waals surface area contributed by atoms with Crippen LogP contribution in [0.4, 0.5) is 5.82 Å². The maximum Gasteiger partial charge on any atom is 0.300 e. The Balaban J connectivity index is 1.77. The van der Waals surface area contributed by atoms with Gasteiger partial charge in [0, 0.05) is 12.3 Å². The summed E-state index contributed by atoms with van der Waals surface area (Å²) >= 11 is 1.47. The first-order valence-electron chi connectivity index (χ1n) is 5.27. The zero-order valence-electron chi connectivity index (χ0n) is 9.61. The number of nitrogen functional groups attached to an aromatic ring is 1. The molecule has 0 aromatic carbocycles. The molecule has 0 fully saturated rings. The van der Waals surface area contributed by atoms with E-state index in [4.69, 9.17) is 15.2 Å². The maximum atomic E-state index is 5.50. The average Bonchev–Trinajstić information content (AvgIpc) is 3.02. The number of ether oxygens (including phenoxy) is 2. The third-order valence-corrected chi connectivity index (χ3v) is 3.51. The Morgan fingerprint density at radius 3 is 2.89 bits per heavy atom. The zero-order valence-corrected chi connectivity index (χ0v) is 10.4. The van der Waals surface area contributed by atoms with E-state index < -0.39 is 5.79 Å². The third-order valence-electron chi connectivity index (χ3n) is 2.44. The van der Waals surface area contributed by atoms with Crippen LogP contribution in [0.1, 0.15) is 17.6 Å². The number of thiazole rings is 1. The highest BCUT2D eigenvalue weighted by Gasteiger charge is 2.35. The van der Waals surface area contributed by atoms with Gasteiger partial charge in [0.05, 0.1) is 11.9 Å². The standard InChI is InChI=1S/C10H11N5O2S/c1-10(16-2-3-17-10)9-13-7(6-18-9)5-15-12-4-8(11)14-15/h2-4,6H,5H2,1H3,(H2,11,14). The summed E-state index contributed by atoms with van der Waals surface area (Å²) in [5.74, 6) is -0.427. The van der Waals surface area contributed by atoms with E-state index in [-0.39, 0.29) is 0 Å². The van der Waals surface area contributed by atoms with E-state index in [1.165, 1.54) is 34.9 Å². The van der Waals surface area contributed by atoms with Gasteiger partial charge in [0.15, 0.2) is 10.8 Å². The number of hydrogen-bond acceptors (Lipinski definition) is 7. The second kappa shape index (κ2) is 3.98. The number of aromatic nitrogens is 4. The summed E-state index contributed by atoms with van der Waals surface area (Å²) in [4.78, 5) is 5.95. The highest BCUT2D eigenvalue weighted by Crippen LogP contribution is 2.33. The maximum absolute atomic E-state index is 5.50. The molecular formula is C10H11N5O2S. The van der Waals surface area contributed by atoms with Gasteiger partial charge in [-0.05, 0) is 0 Å². The van der Waals surface area contributed by atoms with Crippen LogP contribution in [0.5, 0.6) is 0 Å². The van der Waals surface area contributed by atoms with Crippen molar-refractivity contribution in [3.63, 3.8) is 0 Å². The number of hydrogen-bond donors (Lipinski definition) is 1. The van der Waals surface area contributed by atoms with Gasteiger partial charge < -0.3 is 15.2 Å². The first kappa shape index (κ1) is 11.0. The lowest BCUT2D eigenvalue weighted by Crippen LogP contribution is -2.22. The Kier molecular flexibility index (Phi) is 2.44. The van der Waals surface area contributed by atoms with E-state index in [1.807, 2.05) is 12.3 Å². The van der Waals surface area contributed by atoms with Gasteiger partial charge in [0.1, 0.15) is 19.1 Å². The van der Waals surface area contributed by atoms with E-state index in [1.54, 1.807) is 0 Å². The molecule has 0 saturated heterocycles. The van der Waals surface area contributed by atoms with Crippen molar-refractivity contribution in [3.8, 4) is 0 Å². The van der Waals surface area contributed by atoms with Gasteiger partial charge >= 0.3 is 5.79 Å². The number of rotatable bonds is 3. The fourth-order valence-corrected chi connectivity index (χ4v) is 2.42. The third kappa shape index (κ3) is 1.90. The molecule has 0 saturated carbocycles. The lowest BCUT2D eigenvalue weighted by Gasteiger charge is -2.19. The van der Waals surface area contributed by atoms with Crippen LogP contribution in [0.15, 0.2) is 24.1 Å². The molecule has 0 spiro atoms. The molecular weight excluding hydrogens is 254 g/mol. The van der Waals surface area contributed by atoms with Crippen molar-refractivity contribution < 1.29 is 9.47 Å². The molecule has 0 bridgehead atoms. The Morgan fingerprint density at radius 1 is 1.44 bits per heavy atom. The molecule has 0 atom stereocenters. The van der Waals surface area contributed by atoms with Crippen LogP contribution in [0.3, 0.4) is 0 Å². The highest BCUT2D eigenvalue weighted by molar-refractivity contribution is 7.09. The normalized spacial score (nSPS) is 16.5. The predicted octanol–water partition coefficient (Wildman–Crippen LogP) is 1.06. The lowest BCUT2D eigenvalue weighted by atomic mass is 10.3. The molecule has 1 aliphatic rings. The van der Waals surface area contributed by atoms with Gasteiger partial charge in [-0.25, -0.2) is 4.98 Å². The van der Waals surface area contributed by atoms with Gasteiger partial charge in [-0.1, -0.05) is 0 Å². The molecule has 2 N–H and O–H groups in total. The Bertz CT molecular complexity index is 583. The second-order valence-electron chi connectivity index (χ2n) is 3.90. The van der Waals surface area contributed by atoms with Gasteiger partial charge in [0.2, 0.25) is 0 Å². The second-order valence-corrected chi connectivity index (χ2v) is 4.76. The van der Waals surface area contributed by atoms with Crippen LogP contribution in [-0.2, 0) is 21.8 Å². The highest BCUT2D eigenvalue weighted by atomic mass is 32.1. The van der Waals surface area contributed by atoms with Gasteiger partial charge in [-0.2, -0.15) is 9.90 Å². The van der Waals surface area contributed by atoms with Crippen LogP contribution in [-0.4, -0.2) is 20.0 Å². The summed E-state index contributed by atoms with van der Waals surface area (Å²) in [6.07, 6.45) is 4.52. The summed E-state index contributed by atoms with van der Waals surface area (Å²) < 4.78 is 10.8. The molecule has 2 aromatic rings. The molecule has 3 rings (SSSR count). The zero-order chi connectivity index (χ0) is 12.6. The quantitative estimate of drug-likeness (QED) is 0.892. The van der Waals surface area contributed by atoms with Crippen LogP contribution in [0.25, 0.3) is 0 Å². The minimum absolute atomic E-state index is 0.393. The topological polar surface area (TPSA) is 88.1 Å². The van der Waals surface area contributed by atoms with Gasteiger partial charge in [0.25, 0.3) is 0 Å². The summed E-state index contributed by atoms with van der Waals surface area (Å²) in [5, 5.41) is 10.7. The first-order valence-corrected chi connectivity index (χ1v) is 6.15. The summed E-state index contributed by atoms with van der Waals surface area (Å²) in [6, 6.07) is 0. The van der Waals surface area contributed by atoms with E-state index >= 15 is 0 Å². The molecule has 8 heteroatoms. The summed E-state index contributed by atoms with van der Waals surface area (Å²) in [5.41, 5.74) is 6.34. The smallest absolute Gasteiger partial charge is 0.300 e. The van der Waals surface area contributed by atoms with Crippen LogP contribution >= 0.6 is 11.3 Å².